The van der Waals surface area contributed by atoms with Crippen molar-refractivity contribution >= 4 is 15.9 Å². The van der Waals surface area contributed by atoms with Gasteiger partial charge in [-0.15, -0.1) is 0 Å². The van der Waals surface area contributed by atoms with Crippen LogP contribution in [0.4, 0.5) is 0 Å². The predicted molar refractivity (Wildman–Crippen MR) is 61.1 cm³/mol. The third-order valence-electron chi connectivity index (χ3n) is 2.22. The van der Waals surface area contributed by atoms with Gasteiger partial charge < -0.3 is 5.11 Å². The Bertz CT molecular complexity index is 146. The zero-order chi connectivity index (χ0) is 10.3. The van der Waals surface area contributed by atoms with E-state index in [1.165, 1.54) is 0 Å². The first-order chi connectivity index (χ1) is 6.15. The van der Waals surface area contributed by atoms with Crippen molar-refractivity contribution in [3.8, 4) is 0 Å². The van der Waals surface area contributed by atoms with Gasteiger partial charge in [0.05, 0.1) is 6.61 Å². The van der Waals surface area contributed by atoms with Crippen LogP contribution in [0.25, 0.3) is 0 Å². The third-order valence-corrected chi connectivity index (χ3v) is 2.47. The molecule has 0 rings (SSSR count). The van der Waals surface area contributed by atoms with Crippen molar-refractivity contribution in [3.63, 3.8) is 0 Å². The molecule has 0 radical (unpaired) electrons. The van der Waals surface area contributed by atoms with Crippen molar-refractivity contribution in [1.29, 1.82) is 0 Å². The molecule has 0 bridgehead atoms. The average molecular weight is 250 g/mol. The van der Waals surface area contributed by atoms with Crippen molar-refractivity contribution in [2.45, 2.75) is 32.7 Å². The Balaban J connectivity index is 4.11. The Labute approximate surface area is 89.8 Å². The molecule has 0 heterocycles. The molecule has 0 aliphatic carbocycles. The Hall–Kier alpha value is 0.140. The molecule has 0 aromatic carbocycles. The fraction of sp³-hybridized carbons (Fsp3) is 0.800. The van der Waals surface area contributed by atoms with Gasteiger partial charge in [0.2, 0.25) is 0 Å². The summed E-state index contributed by atoms with van der Waals surface area (Å²) in [5.74, 6) is 0. The summed E-state index contributed by atoms with van der Waals surface area (Å²) < 4.78 is 0.979. The predicted octanol–water partition coefficient (Wildman–Crippen LogP) is 2.38. The molecule has 0 unspecified atom stereocenters. The molecule has 0 fully saturated rings. The van der Waals surface area contributed by atoms with E-state index in [9.17, 15) is 0 Å². The standard InChI is InChI=1S/C10H20BrNO/c1-4-10(5-2)12(6-7-13)8-9(3)11/h10,13H,3-8H2,1-2H3. The van der Waals surface area contributed by atoms with Gasteiger partial charge in [0.25, 0.3) is 0 Å². The molecule has 0 aliphatic rings. The Morgan fingerprint density at radius 1 is 1.46 bits per heavy atom. The van der Waals surface area contributed by atoms with E-state index in [0.717, 1.165) is 30.4 Å². The molecule has 78 valence electrons. The number of hydrogen-bond acceptors (Lipinski definition) is 2. The summed E-state index contributed by atoms with van der Waals surface area (Å²) in [6.07, 6.45) is 2.24. The third kappa shape index (κ3) is 5.45. The largest absolute Gasteiger partial charge is 0.395 e. The van der Waals surface area contributed by atoms with Crippen LogP contribution in [0, 0.1) is 0 Å². The van der Waals surface area contributed by atoms with Crippen LogP contribution < -0.4 is 0 Å². The second kappa shape index (κ2) is 7.54. The molecule has 0 aromatic rings. The summed E-state index contributed by atoms with van der Waals surface area (Å²) >= 11 is 3.35. The molecule has 13 heavy (non-hydrogen) atoms. The van der Waals surface area contributed by atoms with Crippen LogP contribution in [0.3, 0.4) is 0 Å². The maximum Gasteiger partial charge on any atom is 0.0558 e. The van der Waals surface area contributed by atoms with Gasteiger partial charge in [-0.05, 0) is 12.8 Å². The van der Waals surface area contributed by atoms with Crippen LogP contribution in [0.2, 0.25) is 0 Å². The zero-order valence-corrected chi connectivity index (χ0v) is 10.2. The topological polar surface area (TPSA) is 23.5 Å². The van der Waals surface area contributed by atoms with Crippen LogP contribution in [0.5, 0.6) is 0 Å². The molecule has 1 N–H and O–H groups in total. The molecule has 0 spiro atoms. The van der Waals surface area contributed by atoms with Gasteiger partial charge in [-0.3, -0.25) is 4.90 Å². The Morgan fingerprint density at radius 3 is 2.31 bits per heavy atom. The minimum atomic E-state index is 0.219. The summed E-state index contributed by atoms with van der Waals surface area (Å²) in [6, 6.07) is 0.557. The minimum Gasteiger partial charge on any atom is -0.395 e. The lowest BCUT2D eigenvalue weighted by Gasteiger charge is -2.29. The van der Waals surface area contributed by atoms with Crippen molar-refractivity contribution < 1.29 is 5.11 Å². The van der Waals surface area contributed by atoms with E-state index >= 15 is 0 Å². The lowest BCUT2D eigenvalue weighted by molar-refractivity contribution is 0.157. The van der Waals surface area contributed by atoms with Crippen LogP contribution in [0.1, 0.15) is 26.7 Å². The van der Waals surface area contributed by atoms with E-state index in [1.54, 1.807) is 0 Å². The van der Waals surface area contributed by atoms with Crippen LogP contribution in [0.15, 0.2) is 11.1 Å². The molecule has 0 amide bonds. The molecule has 0 aliphatic heterocycles. The highest BCUT2D eigenvalue weighted by molar-refractivity contribution is 9.11. The highest BCUT2D eigenvalue weighted by Crippen LogP contribution is 2.12. The van der Waals surface area contributed by atoms with Crippen molar-refractivity contribution in [2.75, 3.05) is 19.7 Å². The van der Waals surface area contributed by atoms with Gasteiger partial charge in [-0.1, -0.05) is 36.4 Å². The van der Waals surface area contributed by atoms with E-state index < -0.39 is 0 Å². The van der Waals surface area contributed by atoms with Gasteiger partial charge in [-0.2, -0.15) is 0 Å². The molecule has 0 saturated heterocycles. The van der Waals surface area contributed by atoms with E-state index in [0.29, 0.717) is 6.04 Å². The van der Waals surface area contributed by atoms with Crippen LogP contribution in [-0.4, -0.2) is 35.7 Å². The van der Waals surface area contributed by atoms with Gasteiger partial charge in [0.1, 0.15) is 0 Å². The summed E-state index contributed by atoms with van der Waals surface area (Å²) in [5, 5.41) is 8.90. The molecule has 2 nitrogen and oxygen atoms in total. The van der Waals surface area contributed by atoms with Crippen LogP contribution >= 0.6 is 15.9 Å². The van der Waals surface area contributed by atoms with Gasteiger partial charge in [0, 0.05) is 23.6 Å². The fourth-order valence-corrected chi connectivity index (χ4v) is 1.87. The highest BCUT2D eigenvalue weighted by Gasteiger charge is 2.14. The summed E-state index contributed by atoms with van der Waals surface area (Å²) in [5.41, 5.74) is 0. The molecule has 0 aromatic heterocycles. The highest BCUT2D eigenvalue weighted by atomic mass is 79.9. The van der Waals surface area contributed by atoms with Gasteiger partial charge in [0.15, 0.2) is 0 Å². The van der Waals surface area contributed by atoms with E-state index in [1.807, 2.05) is 0 Å². The van der Waals surface area contributed by atoms with E-state index in [-0.39, 0.29) is 6.61 Å². The van der Waals surface area contributed by atoms with E-state index in [4.69, 9.17) is 5.11 Å². The monoisotopic (exact) mass is 249 g/mol. The quantitative estimate of drug-likeness (QED) is 0.749. The lowest BCUT2D eigenvalue weighted by atomic mass is 10.1. The smallest absolute Gasteiger partial charge is 0.0558 e. The maximum absolute atomic E-state index is 8.90. The van der Waals surface area contributed by atoms with Crippen molar-refractivity contribution in [3.05, 3.63) is 11.1 Å². The Morgan fingerprint density at radius 2 is 2.00 bits per heavy atom. The lowest BCUT2D eigenvalue weighted by Crippen LogP contribution is -2.37. The van der Waals surface area contributed by atoms with Crippen molar-refractivity contribution in [1.82, 2.24) is 4.90 Å². The summed E-state index contributed by atoms with van der Waals surface area (Å²) in [4.78, 5) is 2.26. The molecular weight excluding hydrogens is 230 g/mol. The van der Waals surface area contributed by atoms with Crippen molar-refractivity contribution in [2.24, 2.45) is 0 Å². The second-order valence-corrected chi connectivity index (χ2v) is 4.30. The Kier molecular flexibility index (Phi) is 7.62. The van der Waals surface area contributed by atoms with Gasteiger partial charge in [-0.25, -0.2) is 0 Å². The summed E-state index contributed by atoms with van der Waals surface area (Å²) in [7, 11) is 0. The van der Waals surface area contributed by atoms with Crippen LogP contribution in [-0.2, 0) is 0 Å². The minimum absolute atomic E-state index is 0.219. The molecule has 0 saturated carbocycles. The SMILES string of the molecule is C=C(Br)CN(CCO)C(CC)CC. The first-order valence-corrected chi connectivity index (χ1v) is 5.63. The van der Waals surface area contributed by atoms with Gasteiger partial charge >= 0.3 is 0 Å². The number of hydrogen-bond donors (Lipinski definition) is 1. The number of halogens is 1. The number of nitrogens with zero attached hydrogens (tertiary/aromatic N) is 1. The normalized spacial score (nSPS) is 11.2. The second-order valence-electron chi connectivity index (χ2n) is 3.18. The fourth-order valence-electron chi connectivity index (χ4n) is 1.54. The average Bonchev–Trinajstić information content (AvgIpc) is 2.05. The maximum atomic E-state index is 8.90. The summed E-state index contributed by atoms with van der Waals surface area (Å²) in [6.45, 7) is 9.95. The van der Waals surface area contributed by atoms with E-state index in [2.05, 4.69) is 41.3 Å². The molecular formula is C10H20BrNO. The molecule has 0 atom stereocenters. The first kappa shape index (κ1) is 13.1. The first-order valence-electron chi connectivity index (χ1n) is 4.83. The zero-order valence-electron chi connectivity index (χ0n) is 8.59. The molecule has 3 heteroatoms. The number of aliphatic hydroxyl groups excluding tert-OH is 1. The number of aliphatic hydroxyl groups is 1. The number of rotatable bonds is 7.